The van der Waals surface area contributed by atoms with Crippen molar-refractivity contribution >= 4 is 5.69 Å². The van der Waals surface area contributed by atoms with E-state index in [1.54, 1.807) is 0 Å². The molecule has 0 unspecified atom stereocenters. The molecule has 2 N–H and O–H groups in total. The number of aliphatic hydroxyl groups is 1. The molecule has 2 heteroatoms. The highest BCUT2D eigenvalue weighted by atomic mass is 16.3. The minimum absolute atomic E-state index is 0.500. The van der Waals surface area contributed by atoms with Crippen LogP contribution in [0.5, 0.6) is 0 Å². The molecular formula is C15H23NO. The molecule has 0 aromatic heterocycles. The third-order valence-corrected chi connectivity index (χ3v) is 3.67. The maximum absolute atomic E-state index is 10.5. The van der Waals surface area contributed by atoms with Crippen LogP contribution >= 0.6 is 0 Å². The van der Waals surface area contributed by atoms with Crippen molar-refractivity contribution in [2.75, 3.05) is 11.9 Å². The molecule has 94 valence electrons. The monoisotopic (exact) mass is 233 g/mol. The Balaban J connectivity index is 1.92. The maximum Gasteiger partial charge on any atom is 0.0819 e. The normalized spacial score (nSPS) is 19.6. The lowest BCUT2D eigenvalue weighted by Crippen LogP contribution is -2.36. The van der Waals surface area contributed by atoms with Crippen LogP contribution in [-0.2, 0) is 0 Å². The van der Waals surface area contributed by atoms with Gasteiger partial charge in [-0.15, -0.1) is 0 Å². The summed E-state index contributed by atoms with van der Waals surface area (Å²) < 4.78 is 0. The van der Waals surface area contributed by atoms with Crippen LogP contribution in [0.3, 0.4) is 0 Å². The molecule has 0 spiro atoms. The smallest absolute Gasteiger partial charge is 0.0819 e. The average molecular weight is 233 g/mol. The van der Waals surface area contributed by atoms with Gasteiger partial charge < -0.3 is 10.4 Å². The Bertz CT molecular complexity index is 354. The first kappa shape index (κ1) is 12.4. The molecule has 0 bridgehead atoms. The molecular weight excluding hydrogens is 210 g/mol. The van der Waals surface area contributed by atoms with Crippen molar-refractivity contribution in [3.8, 4) is 0 Å². The van der Waals surface area contributed by atoms with Crippen molar-refractivity contribution in [2.45, 2.75) is 51.0 Å². The Kier molecular flexibility index (Phi) is 4.06. The fourth-order valence-corrected chi connectivity index (χ4v) is 2.59. The van der Waals surface area contributed by atoms with Crippen molar-refractivity contribution in [1.29, 1.82) is 0 Å². The second-order valence-electron chi connectivity index (χ2n) is 5.36. The van der Waals surface area contributed by atoms with E-state index in [0.717, 1.165) is 31.4 Å². The second kappa shape index (κ2) is 5.54. The number of benzene rings is 1. The second-order valence-corrected chi connectivity index (χ2v) is 5.36. The van der Waals surface area contributed by atoms with E-state index in [1.165, 1.54) is 18.4 Å². The van der Waals surface area contributed by atoms with Gasteiger partial charge in [-0.25, -0.2) is 0 Å². The SMILES string of the molecule is Cc1cccc(NCC2(O)CCCCCC2)c1. The molecule has 17 heavy (non-hydrogen) atoms. The van der Waals surface area contributed by atoms with E-state index in [2.05, 4.69) is 36.5 Å². The van der Waals surface area contributed by atoms with Gasteiger partial charge in [-0.1, -0.05) is 37.8 Å². The summed E-state index contributed by atoms with van der Waals surface area (Å²) in [7, 11) is 0. The van der Waals surface area contributed by atoms with Crippen molar-refractivity contribution in [3.63, 3.8) is 0 Å². The number of aryl methyl sites for hydroxylation is 1. The zero-order chi connectivity index (χ0) is 12.1. The van der Waals surface area contributed by atoms with Crippen molar-refractivity contribution in [3.05, 3.63) is 29.8 Å². The Morgan fingerprint density at radius 3 is 2.53 bits per heavy atom. The van der Waals surface area contributed by atoms with Crippen LogP contribution < -0.4 is 5.32 Å². The van der Waals surface area contributed by atoms with Gasteiger partial charge in [-0.3, -0.25) is 0 Å². The van der Waals surface area contributed by atoms with Gasteiger partial charge in [0.25, 0.3) is 0 Å². The average Bonchev–Trinajstić information content (AvgIpc) is 2.53. The summed E-state index contributed by atoms with van der Waals surface area (Å²) in [6.45, 7) is 2.77. The minimum Gasteiger partial charge on any atom is -0.388 e. The fourth-order valence-electron chi connectivity index (χ4n) is 2.59. The highest BCUT2D eigenvalue weighted by molar-refractivity contribution is 5.45. The topological polar surface area (TPSA) is 32.3 Å². The van der Waals surface area contributed by atoms with E-state index < -0.39 is 5.60 Å². The summed E-state index contributed by atoms with van der Waals surface area (Å²) in [5.41, 5.74) is 1.87. The molecule has 0 heterocycles. The fraction of sp³-hybridized carbons (Fsp3) is 0.600. The molecule has 1 fully saturated rings. The van der Waals surface area contributed by atoms with Gasteiger partial charge >= 0.3 is 0 Å². The largest absolute Gasteiger partial charge is 0.388 e. The zero-order valence-electron chi connectivity index (χ0n) is 10.7. The van der Waals surface area contributed by atoms with Crippen LogP contribution in [0.4, 0.5) is 5.69 Å². The zero-order valence-corrected chi connectivity index (χ0v) is 10.7. The summed E-state index contributed by atoms with van der Waals surface area (Å²) in [5, 5.41) is 13.9. The summed E-state index contributed by atoms with van der Waals surface area (Å²) in [4.78, 5) is 0. The van der Waals surface area contributed by atoms with Crippen molar-refractivity contribution < 1.29 is 5.11 Å². The predicted octanol–water partition coefficient (Wildman–Crippen LogP) is 3.49. The van der Waals surface area contributed by atoms with Gasteiger partial charge in [-0.05, 0) is 37.5 Å². The maximum atomic E-state index is 10.5. The van der Waals surface area contributed by atoms with E-state index in [9.17, 15) is 5.11 Å². The van der Waals surface area contributed by atoms with E-state index in [0.29, 0.717) is 6.54 Å². The van der Waals surface area contributed by atoms with Gasteiger partial charge in [-0.2, -0.15) is 0 Å². The first-order valence-electron chi connectivity index (χ1n) is 6.71. The van der Waals surface area contributed by atoms with E-state index >= 15 is 0 Å². The number of rotatable bonds is 3. The first-order valence-corrected chi connectivity index (χ1v) is 6.71. The Hall–Kier alpha value is -1.02. The molecule has 1 saturated carbocycles. The Morgan fingerprint density at radius 2 is 1.88 bits per heavy atom. The van der Waals surface area contributed by atoms with Gasteiger partial charge in [0, 0.05) is 12.2 Å². The molecule has 2 nitrogen and oxygen atoms in total. The molecule has 1 aliphatic carbocycles. The van der Waals surface area contributed by atoms with Crippen molar-refractivity contribution in [1.82, 2.24) is 0 Å². The van der Waals surface area contributed by atoms with Gasteiger partial charge in [0.05, 0.1) is 5.60 Å². The number of hydrogen-bond acceptors (Lipinski definition) is 2. The van der Waals surface area contributed by atoms with Gasteiger partial charge in [0.15, 0.2) is 0 Å². The molecule has 0 radical (unpaired) electrons. The van der Waals surface area contributed by atoms with E-state index in [1.807, 2.05) is 0 Å². The molecule has 1 aromatic rings. The van der Waals surface area contributed by atoms with Crippen LogP contribution in [0.1, 0.15) is 44.1 Å². The molecule has 0 saturated heterocycles. The standard InChI is InChI=1S/C15H23NO/c1-13-7-6-8-14(11-13)16-12-15(17)9-4-2-3-5-10-15/h6-8,11,16-17H,2-5,9-10,12H2,1H3. The lowest BCUT2D eigenvalue weighted by Gasteiger charge is -2.27. The number of nitrogens with one attached hydrogen (secondary N) is 1. The summed E-state index contributed by atoms with van der Waals surface area (Å²) in [6.07, 6.45) is 6.73. The minimum atomic E-state index is -0.500. The summed E-state index contributed by atoms with van der Waals surface area (Å²) >= 11 is 0. The molecule has 0 atom stereocenters. The summed E-state index contributed by atoms with van der Waals surface area (Å²) in [6, 6.07) is 8.33. The summed E-state index contributed by atoms with van der Waals surface area (Å²) in [5.74, 6) is 0. The highest BCUT2D eigenvalue weighted by Crippen LogP contribution is 2.27. The lowest BCUT2D eigenvalue weighted by atomic mass is 9.94. The van der Waals surface area contributed by atoms with E-state index in [4.69, 9.17) is 0 Å². The predicted molar refractivity (Wildman–Crippen MR) is 72.3 cm³/mol. The molecule has 0 aliphatic heterocycles. The van der Waals surface area contributed by atoms with Crippen LogP contribution in [0, 0.1) is 6.92 Å². The molecule has 1 aliphatic rings. The van der Waals surface area contributed by atoms with Gasteiger partial charge in [0.1, 0.15) is 0 Å². The van der Waals surface area contributed by atoms with Crippen LogP contribution in [0.2, 0.25) is 0 Å². The quantitative estimate of drug-likeness (QED) is 0.783. The molecule has 2 rings (SSSR count). The molecule has 0 amide bonds. The Labute approximate surface area is 104 Å². The Morgan fingerprint density at radius 1 is 1.18 bits per heavy atom. The number of hydrogen-bond donors (Lipinski definition) is 2. The lowest BCUT2D eigenvalue weighted by molar-refractivity contribution is 0.0381. The first-order chi connectivity index (χ1) is 8.18. The van der Waals surface area contributed by atoms with Crippen molar-refractivity contribution in [2.24, 2.45) is 0 Å². The van der Waals surface area contributed by atoms with Gasteiger partial charge in [0.2, 0.25) is 0 Å². The molecule has 1 aromatic carbocycles. The van der Waals surface area contributed by atoms with E-state index in [-0.39, 0.29) is 0 Å². The highest BCUT2D eigenvalue weighted by Gasteiger charge is 2.27. The van der Waals surface area contributed by atoms with Crippen LogP contribution in [-0.4, -0.2) is 17.3 Å². The number of anilines is 1. The van der Waals surface area contributed by atoms with Crippen LogP contribution in [0.15, 0.2) is 24.3 Å². The third-order valence-electron chi connectivity index (χ3n) is 3.67. The third kappa shape index (κ3) is 3.74. The van der Waals surface area contributed by atoms with Crippen LogP contribution in [0.25, 0.3) is 0 Å².